The number of aromatic amines is 1. The summed E-state index contributed by atoms with van der Waals surface area (Å²) in [7, 11) is 0. The predicted molar refractivity (Wildman–Crippen MR) is 111 cm³/mol. The summed E-state index contributed by atoms with van der Waals surface area (Å²) in [4.78, 5) is 47.2. The van der Waals surface area contributed by atoms with E-state index in [0.29, 0.717) is 18.5 Å². The molecule has 2 amide bonds. The summed E-state index contributed by atoms with van der Waals surface area (Å²) in [5, 5.41) is 14.5. The Kier molecular flexibility index (Phi) is 10.3. The molecule has 0 fully saturated rings. The van der Waals surface area contributed by atoms with Crippen LogP contribution in [0.2, 0.25) is 0 Å². The quantitative estimate of drug-likeness (QED) is 0.111. The van der Waals surface area contributed by atoms with E-state index < -0.39 is 35.9 Å². The molecule has 0 aliphatic heterocycles. The number of aliphatic imine (C=N–C) groups is 1. The highest BCUT2D eigenvalue weighted by Gasteiger charge is 2.28. The number of aliphatic carboxylic acids is 1. The molecule has 0 radical (unpaired) electrons. The van der Waals surface area contributed by atoms with Crippen LogP contribution in [0.5, 0.6) is 0 Å². The second kappa shape index (κ2) is 12.4. The lowest BCUT2D eigenvalue weighted by Gasteiger charge is -2.24. The van der Waals surface area contributed by atoms with Crippen molar-refractivity contribution in [1.29, 1.82) is 0 Å². The van der Waals surface area contributed by atoms with Crippen molar-refractivity contribution in [3.63, 3.8) is 0 Å². The van der Waals surface area contributed by atoms with Gasteiger partial charge >= 0.3 is 5.97 Å². The van der Waals surface area contributed by atoms with Crippen LogP contribution in [-0.4, -0.2) is 63.5 Å². The van der Waals surface area contributed by atoms with Crippen LogP contribution in [-0.2, 0) is 20.8 Å². The van der Waals surface area contributed by atoms with Gasteiger partial charge in [0.1, 0.15) is 12.1 Å². The van der Waals surface area contributed by atoms with Gasteiger partial charge in [0.05, 0.1) is 12.4 Å². The predicted octanol–water partition coefficient (Wildman–Crippen LogP) is -1.57. The summed E-state index contributed by atoms with van der Waals surface area (Å²) in [6.07, 6.45) is 4.10. The number of amides is 2. The van der Waals surface area contributed by atoms with Crippen molar-refractivity contribution in [1.82, 2.24) is 20.6 Å². The van der Waals surface area contributed by atoms with E-state index in [4.69, 9.17) is 17.2 Å². The summed E-state index contributed by atoms with van der Waals surface area (Å²) in [6, 6.07) is -2.93. The van der Waals surface area contributed by atoms with Gasteiger partial charge in [0.15, 0.2) is 5.96 Å². The van der Waals surface area contributed by atoms with Gasteiger partial charge in [-0.05, 0) is 25.2 Å². The third kappa shape index (κ3) is 9.37. The first-order chi connectivity index (χ1) is 14.1. The Hall–Kier alpha value is -3.15. The minimum atomic E-state index is -1.18. The Morgan fingerprint density at radius 2 is 1.87 bits per heavy atom. The first-order valence-corrected chi connectivity index (χ1v) is 9.71. The van der Waals surface area contributed by atoms with Crippen molar-refractivity contribution in [2.45, 2.75) is 57.7 Å². The Labute approximate surface area is 175 Å². The van der Waals surface area contributed by atoms with Crippen LogP contribution in [0.1, 0.15) is 38.8 Å². The minimum Gasteiger partial charge on any atom is -0.480 e. The van der Waals surface area contributed by atoms with E-state index in [1.807, 2.05) is 13.8 Å². The summed E-state index contributed by atoms with van der Waals surface area (Å²) in [6.45, 7) is 4.03. The molecule has 1 rings (SSSR count). The number of carbonyl (C=O) groups excluding carboxylic acids is 2. The highest BCUT2D eigenvalue weighted by molar-refractivity contribution is 5.91. The Balaban J connectivity index is 2.72. The fraction of sp³-hybridized carbons (Fsp3) is 0.611. The molecule has 1 heterocycles. The fourth-order valence-electron chi connectivity index (χ4n) is 2.74. The lowest BCUT2D eigenvalue weighted by Crippen LogP contribution is -2.55. The normalized spacial score (nSPS) is 13.9. The van der Waals surface area contributed by atoms with Crippen molar-refractivity contribution in [2.75, 3.05) is 6.54 Å². The molecule has 0 aromatic carbocycles. The van der Waals surface area contributed by atoms with E-state index in [0.717, 1.165) is 0 Å². The largest absolute Gasteiger partial charge is 0.480 e. The Bertz CT molecular complexity index is 716. The monoisotopic (exact) mass is 424 g/mol. The molecule has 3 unspecified atom stereocenters. The fourth-order valence-corrected chi connectivity index (χ4v) is 2.74. The molecule has 12 heteroatoms. The second-order valence-corrected chi connectivity index (χ2v) is 7.43. The molecule has 0 aliphatic carbocycles. The van der Waals surface area contributed by atoms with Crippen LogP contribution >= 0.6 is 0 Å². The van der Waals surface area contributed by atoms with E-state index in [1.165, 1.54) is 6.33 Å². The summed E-state index contributed by atoms with van der Waals surface area (Å²) in [5.74, 6) is -2.28. The van der Waals surface area contributed by atoms with E-state index in [1.54, 1.807) is 6.20 Å². The molecule has 1 aromatic rings. The van der Waals surface area contributed by atoms with Gasteiger partial charge in [-0.3, -0.25) is 14.6 Å². The molecular weight excluding hydrogens is 392 g/mol. The van der Waals surface area contributed by atoms with Gasteiger partial charge in [-0.25, -0.2) is 9.78 Å². The SMILES string of the molecule is CC(C)CC(NC(=O)C(N)Cc1cnc[nH]1)C(=O)NC(CCCN=C(N)N)C(=O)O. The zero-order valence-electron chi connectivity index (χ0n) is 17.3. The number of nitrogens with two attached hydrogens (primary N) is 3. The molecule has 10 N–H and O–H groups in total. The smallest absolute Gasteiger partial charge is 0.326 e. The van der Waals surface area contributed by atoms with Gasteiger partial charge in [0.25, 0.3) is 0 Å². The highest BCUT2D eigenvalue weighted by atomic mass is 16.4. The minimum absolute atomic E-state index is 0.0787. The molecule has 168 valence electrons. The van der Waals surface area contributed by atoms with Crippen LogP contribution < -0.4 is 27.8 Å². The van der Waals surface area contributed by atoms with Gasteiger partial charge in [0.2, 0.25) is 11.8 Å². The van der Waals surface area contributed by atoms with Crippen LogP contribution in [0.4, 0.5) is 0 Å². The molecular formula is C18H32N8O4. The maximum Gasteiger partial charge on any atom is 0.326 e. The van der Waals surface area contributed by atoms with Crippen LogP contribution in [0.15, 0.2) is 17.5 Å². The molecule has 0 saturated heterocycles. The molecule has 12 nitrogen and oxygen atoms in total. The van der Waals surface area contributed by atoms with Gasteiger partial charge in [-0.1, -0.05) is 13.8 Å². The Morgan fingerprint density at radius 1 is 1.20 bits per heavy atom. The first kappa shape index (κ1) is 24.9. The number of hydrogen-bond donors (Lipinski definition) is 7. The topological polar surface area (TPSA) is 215 Å². The molecule has 3 atom stereocenters. The third-order valence-electron chi connectivity index (χ3n) is 4.23. The average Bonchev–Trinajstić information content (AvgIpc) is 3.15. The Morgan fingerprint density at radius 3 is 2.40 bits per heavy atom. The van der Waals surface area contributed by atoms with Crippen molar-refractivity contribution < 1.29 is 19.5 Å². The maximum atomic E-state index is 12.7. The maximum absolute atomic E-state index is 12.7. The third-order valence-corrected chi connectivity index (χ3v) is 4.23. The number of H-pyrrole nitrogens is 1. The zero-order valence-corrected chi connectivity index (χ0v) is 17.3. The standard InChI is InChI=1S/C18H32N8O4/c1-10(2)6-14(26-15(27)12(19)7-11-8-22-9-24-11)16(28)25-13(17(29)30)4-3-5-23-18(20)21/h8-10,12-14H,3-7,19H2,1-2H3,(H,22,24)(H,25,28)(H,26,27)(H,29,30)(H4,20,21,23). The van der Waals surface area contributed by atoms with Crippen LogP contribution in [0, 0.1) is 5.92 Å². The molecule has 30 heavy (non-hydrogen) atoms. The van der Waals surface area contributed by atoms with Crippen LogP contribution in [0.3, 0.4) is 0 Å². The molecule has 0 saturated carbocycles. The molecule has 0 spiro atoms. The molecule has 0 aliphatic rings. The second-order valence-electron chi connectivity index (χ2n) is 7.43. The number of guanidine groups is 1. The van der Waals surface area contributed by atoms with Crippen LogP contribution in [0.25, 0.3) is 0 Å². The number of imidazole rings is 1. The summed E-state index contributed by atoms with van der Waals surface area (Å²) >= 11 is 0. The van der Waals surface area contributed by atoms with Gasteiger partial charge in [-0.2, -0.15) is 0 Å². The van der Waals surface area contributed by atoms with E-state index in [-0.39, 0.29) is 31.3 Å². The average molecular weight is 425 g/mol. The number of carbonyl (C=O) groups is 3. The number of hydrogen-bond acceptors (Lipinski definition) is 6. The summed E-state index contributed by atoms with van der Waals surface area (Å²) in [5.41, 5.74) is 17.1. The zero-order chi connectivity index (χ0) is 22.7. The van der Waals surface area contributed by atoms with Gasteiger partial charge in [0, 0.05) is 24.9 Å². The number of rotatable bonds is 13. The van der Waals surface area contributed by atoms with E-state index >= 15 is 0 Å². The van der Waals surface area contributed by atoms with Crippen molar-refractivity contribution in [2.24, 2.45) is 28.1 Å². The van der Waals surface area contributed by atoms with Crippen molar-refractivity contribution in [3.8, 4) is 0 Å². The number of carboxylic acid groups (broad SMARTS) is 1. The number of nitrogens with one attached hydrogen (secondary N) is 3. The van der Waals surface area contributed by atoms with Crippen molar-refractivity contribution in [3.05, 3.63) is 18.2 Å². The van der Waals surface area contributed by atoms with Gasteiger partial charge in [-0.15, -0.1) is 0 Å². The molecule has 1 aromatic heterocycles. The lowest BCUT2D eigenvalue weighted by atomic mass is 10.0. The van der Waals surface area contributed by atoms with Gasteiger partial charge < -0.3 is 37.9 Å². The lowest BCUT2D eigenvalue weighted by molar-refractivity contribution is -0.142. The number of nitrogens with zero attached hydrogens (tertiary/aromatic N) is 2. The van der Waals surface area contributed by atoms with E-state index in [9.17, 15) is 19.5 Å². The number of aromatic nitrogens is 2. The van der Waals surface area contributed by atoms with E-state index in [2.05, 4.69) is 25.6 Å². The first-order valence-electron chi connectivity index (χ1n) is 9.71. The molecule has 0 bridgehead atoms. The van der Waals surface area contributed by atoms with Crippen molar-refractivity contribution >= 4 is 23.7 Å². The highest BCUT2D eigenvalue weighted by Crippen LogP contribution is 2.08. The number of carboxylic acids is 1. The summed E-state index contributed by atoms with van der Waals surface area (Å²) < 4.78 is 0.